The lowest BCUT2D eigenvalue weighted by Gasteiger charge is -2.07. The Morgan fingerprint density at radius 1 is 1.18 bits per heavy atom. The molecular formula is C25H22N6OS. The molecule has 4 aromatic rings. The zero-order chi connectivity index (χ0) is 23.7. The van der Waals surface area contributed by atoms with Crippen molar-refractivity contribution in [1.29, 1.82) is 10.5 Å². The van der Waals surface area contributed by atoms with E-state index >= 15 is 0 Å². The molecule has 0 aliphatic heterocycles. The summed E-state index contributed by atoms with van der Waals surface area (Å²) in [4.78, 5) is 13.6. The molecule has 33 heavy (non-hydrogen) atoms. The molecule has 7 nitrogen and oxygen atoms in total. The van der Waals surface area contributed by atoms with E-state index in [9.17, 15) is 15.3 Å². The third-order valence-electron chi connectivity index (χ3n) is 5.77. The number of hydrogen-bond acceptors (Lipinski definition) is 5. The minimum atomic E-state index is -0.290. The van der Waals surface area contributed by atoms with E-state index in [1.54, 1.807) is 28.3 Å². The number of rotatable bonds is 5. The van der Waals surface area contributed by atoms with Gasteiger partial charge in [0, 0.05) is 38.9 Å². The molecule has 0 unspecified atom stereocenters. The van der Waals surface area contributed by atoms with Crippen molar-refractivity contribution in [3.8, 4) is 17.1 Å². The van der Waals surface area contributed by atoms with Gasteiger partial charge in [0.05, 0.1) is 17.3 Å². The second kappa shape index (κ2) is 8.78. The van der Waals surface area contributed by atoms with Crippen LogP contribution < -0.4 is 5.43 Å². The first-order valence-corrected chi connectivity index (χ1v) is 11.2. The summed E-state index contributed by atoms with van der Waals surface area (Å²) in [5.41, 5.74) is 8.41. The zero-order valence-electron chi connectivity index (χ0n) is 18.8. The largest absolute Gasteiger partial charge is 0.337 e. The highest BCUT2D eigenvalue weighted by Gasteiger charge is 2.18. The highest BCUT2D eigenvalue weighted by Crippen LogP contribution is 2.33. The second-order valence-electron chi connectivity index (χ2n) is 7.83. The van der Waals surface area contributed by atoms with E-state index in [1.807, 2.05) is 58.0 Å². The molecule has 1 N–H and O–H groups in total. The van der Waals surface area contributed by atoms with Crippen LogP contribution in [0.15, 0.2) is 41.6 Å². The number of para-hydroxylation sites is 1. The van der Waals surface area contributed by atoms with E-state index in [2.05, 4.69) is 27.2 Å². The number of thiophene rings is 1. The number of carbonyl (C=O) groups is 1. The number of hydrogen-bond donors (Lipinski definition) is 1. The zero-order valence-corrected chi connectivity index (χ0v) is 19.6. The molecule has 0 radical (unpaired) electrons. The summed E-state index contributed by atoms with van der Waals surface area (Å²) < 4.78 is 3.80. The molecule has 0 saturated heterocycles. The summed E-state index contributed by atoms with van der Waals surface area (Å²) in [6.45, 7) is 7.99. The van der Waals surface area contributed by atoms with Crippen molar-refractivity contribution >= 4 is 34.4 Å². The maximum Gasteiger partial charge on any atom is 0.259 e. The van der Waals surface area contributed by atoms with E-state index in [-0.39, 0.29) is 12.5 Å². The van der Waals surface area contributed by atoms with Gasteiger partial charge in [-0.05, 0) is 45.4 Å². The van der Waals surface area contributed by atoms with E-state index in [0.717, 1.165) is 43.3 Å². The molecule has 0 aliphatic carbocycles. The smallest absolute Gasteiger partial charge is 0.259 e. The lowest BCUT2D eigenvalue weighted by Crippen LogP contribution is -2.22. The third-order valence-corrected chi connectivity index (χ3v) is 6.96. The quantitative estimate of drug-likeness (QED) is 0.352. The Labute approximate surface area is 195 Å². The van der Waals surface area contributed by atoms with Gasteiger partial charge in [-0.25, -0.2) is 5.43 Å². The average molecular weight is 455 g/mol. The number of nitrogens with zero attached hydrogens (tertiary/aromatic N) is 5. The standard InChI is InChI=1S/C25H22N6OS/c1-15-9-19(17(3)31(15)25-22(11-27)16(2)18(4)33-25)12-28-29-24(32)14-30-13-20(10-26)21-7-5-6-8-23(21)30/h5-9,12-13H,14H2,1-4H3,(H,29,32). The summed E-state index contributed by atoms with van der Waals surface area (Å²) in [5.74, 6) is -0.290. The van der Waals surface area contributed by atoms with Gasteiger partial charge in [-0.2, -0.15) is 15.6 Å². The lowest BCUT2D eigenvalue weighted by atomic mass is 10.2. The van der Waals surface area contributed by atoms with Crippen LogP contribution in [0.5, 0.6) is 0 Å². The first kappa shape index (κ1) is 22.1. The molecule has 0 spiro atoms. The van der Waals surface area contributed by atoms with Gasteiger partial charge in [-0.15, -0.1) is 11.3 Å². The van der Waals surface area contributed by atoms with Gasteiger partial charge < -0.3 is 9.13 Å². The van der Waals surface area contributed by atoms with Crippen LogP contribution in [0.1, 0.15) is 38.5 Å². The molecule has 0 bridgehead atoms. The maximum atomic E-state index is 12.5. The fraction of sp³-hybridized carbons (Fsp3) is 0.200. The third kappa shape index (κ3) is 3.93. The van der Waals surface area contributed by atoms with Gasteiger partial charge in [0.2, 0.25) is 0 Å². The Morgan fingerprint density at radius 2 is 1.94 bits per heavy atom. The molecule has 8 heteroatoms. The normalized spacial score (nSPS) is 11.1. The molecule has 1 aromatic carbocycles. The van der Waals surface area contributed by atoms with Crippen molar-refractivity contribution in [2.24, 2.45) is 5.10 Å². The van der Waals surface area contributed by atoms with Crippen molar-refractivity contribution in [3.05, 3.63) is 75.0 Å². The average Bonchev–Trinajstić information content (AvgIpc) is 3.39. The van der Waals surface area contributed by atoms with E-state index in [0.29, 0.717) is 11.1 Å². The van der Waals surface area contributed by atoms with Crippen LogP contribution in [-0.2, 0) is 11.3 Å². The Morgan fingerprint density at radius 3 is 2.67 bits per heavy atom. The molecule has 0 fully saturated rings. The highest BCUT2D eigenvalue weighted by molar-refractivity contribution is 7.14. The fourth-order valence-electron chi connectivity index (χ4n) is 3.96. The van der Waals surface area contributed by atoms with Gasteiger partial charge in [-0.1, -0.05) is 18.2 Å². The van der Waals surface area contributed by atoms with Crippen molar-refractivity contribution in [2.75, 3.05) is 0 Å². The maximum absolute atomic E-state index is 12.5. The van der Waals surface area contributed by atoms with Gasteiger partial charge >= 0.3 is 0 Å². The number of hydrazone groups is 1. The molecular weight excluding hydrogens is 432 g/mol. The predicted molar refractivity (Wildman–Crippen MR) is 130 cm³/mol. The molecule has 0 atom stereocenters. The van der Waals surface area contributed by atoms with E-state index in [1.165, 1.54) is 0 Å². The van der Waals surface area contributed by atoms with Crippen LogP contribution in [0, 0.1) is 50.4 Å². The number of aromatic nitrogens is 2. The van der Waals surface area contributed by atoms with E-state index in [4.69, 9.17) is 0 Å². The minimum absolute atomic E-state index is 0.0534. The van der Waals surface area contributed by atoms with Crippen molar-refractivity contribution in [2.45, 2.75) is 34.2 Å². The Hall–Kier alpha value is -4.14. The Bertz CT molecular complexity index is 1500. The molecule has 164 valence electrons. The first-order chi connectivity index (χ1) is 15.8. The van der Waals surface area contributed by atoms with E-state index < -0.39 is 0 Å². The van der Waals surface area contributed by atoms with Gasteiger partial charge in [0.1, 0.15) is 23.7 Å². The Balaban J connectivity index is 1.53. The molecule has 4 rings (SSSR count). The number of nitrogens with one attached hydrogen (secondary N) is 1. The van der Waals surface area contributed by atoms with Crippen molar-refractivity contribution < 1.29 is 4.79 Å². The van der Waals surface area contributed by atoms with Crippen LogP contribution in [0.4, 0.5) is 0 Å². The fourth-order valence-corrected chi connectivity index (χ4v) is 5.18. The topological polar surface area (TPSA) is 98.9 Å². The molecule has 0 aliphatic rings. The summed E-state index contributed by atoms with van der Waals surface area (Å²) in [6, 6.07) is 14.0. The van der Waals surface area contributed by atoms with Gasteiger partial charge in [-0.3, -0.25) is 4.79 Å². The van der Waals surface area contributed by atoms with Crippen LogP contribution in [0.2, 0.25) is 0 Å². The van der Waals surface area contributed by atoms with Crippen LogP contribution in [0.3, 0.4) is 0 Å². The predicted octanol–water partition coefficient (Wildman–Crippen LogP) is 4.62. The minimum Gasteiger partial charge on any atom is -0.337 e. The summed E-state index contributed by atoms with van der Waals surface area (Å²) in [5, 5.41) is 24.8. The van der Waals surface area contributed by atoms with Crippen LogP contribution >= 0.6 is 11.3 Å². The number of fused-ring (bicyclic) bond motifs is 1. The molecule has 0 saturated carbocycles. The SMILES string of the molecule is Cc1sc(-n2c(C)cc(C=NNC(=O)Cn3cc(C#N)c4ccccc43)c2C)c(C#N)c1C. The highest BCUT2D eigenvalue weighted by atomic mass is 32.1. The summed E-state index contributed by atoms with van der Waals surface area (Å²) >= 11 is 1.60. The van der Waals surface area contributed by atoms with Gasteiger partial charge in [0.15, 0.2) is 0 Å². The number of carbonyl (C=O) groups excluding carboxylic acids is 1. The monoisotopic (exact) mass is 454 g/mol. The summed E-state index contributed by atoms with van der Waals surface area (Å²) in [6.07, 6.45) is 3.30. The number of benzene rings is 1. The molecule has 3 heterocycles. The molecule has 3 aromatic heterocycles. The van der Waals surface area contributed by atoms with Crippen molar-refractivity contribution in [3.63, 3.8) is 0 Å². The van der Waals surface area contributed by atoms with Gasteiger partial charge in [0.25, 0.3) is 5.91 Å². The second-order valence-corrected chi connectivity index (χ2v) is 9.03. The van der Waals surface area contributed by atoms with Crippen LogP contribution in [0.25, 0.3) is 15.9 Å². The number of amides is 1. The van der Waals surface area contributed by atoms with Crippen LogP contribution in [-0.4, -0.2) is 21.3 Å². The molecule has 1 amide bonds. The number of nitriles is 2. The number of aryl methyl sites for hydroxylation is 2. The lowest BCUT2D eigenvalue weighted by molar-refractivity contribution is -0.121. The Kier molecular flexibility index (Phi) is 5.87. The summed E-state index contributed by atoms with van der Waals surface area (Å²) in [7, 11) is 0. The van der Waals surface area contributed by atoms with Crippen molar-refractivity contribution in [1.82, 2.24) is 14.6 Å². The first-order valence-electron chi connectivity index (χ1n) is 10.3.